The second-order valence-electron chi connectivity index (χ2n) is 2.89. The van der Waals surface area contributed by atoms with Gasteiger partial charge in [-0.05, 0) is 20.3 Å². The van der Waals surface area contributed by atoms with Crippen molar-refractivity contribution in [2.24, 2.45) is 4.99 Å². The Labute approximate surface area is 89.5 Å². The van der Waals surface area contributed by atoms with E-state index in [1.165, 1.54) is 0 Å². The monoisotopic (exact) mass is 208 g/mol. The van der Waals surface area contributed by atoms with Crippen molar-refractivity contribution in [2.45, 2.75) is 27.2 Å². The first-order valence-electron chi connectivity index (χ1n) is 4.72. The van der Waals surface area contributed by atoms with Gasteiger partial charge in [-0.3, -0.25) is 0 Å². The Morgan fingerprint density at radius 1 is 1.53 bits per heavy atom. The van der Waals surface area contributed by atoms with E-state index in [2.05, 4.69) is 4.99 Å². The van der Waals surface area contributed by atoms with E-state index in [1.807, 2.05) is 6.92 Å². The maximum atomic E-state index is 10.8. The van der Waals surface area contributed by atoms with Crippen molar-refractivity contribution in [2.75, 3.05) is 0 Å². The number of hydrogen-bond acceptors (Lipinski definition) is 3. The number of hydrogen-bond donors (Lipinski definition) is 2. The summed E-state index contributed by atoms with van der Waals surface area (Å²) >= 11 is 0. The van der Waals surface area contributed by atoms with Gasteiger partial charge in [0.05, 0.1) is 0 Å². The Bertz CT molecular complexity index is 338. The number of nitrogens with zero attached hydrogens (tertiary/aromatic N) is 1. The third-order valence-corrected chi connectivity index (χ3v) is 1.79. The molecule has 0 atom stereocenters. The molecule has 0 heterocycles. The average Bonchev–Trinajstić information content (AvgIpc) is 2.18. The van der Waals surface area contributed by atoms with Gasteiger partial charge in [0.2, 0.25) is 0 Å². The topological polar surface area (TPSA) is 73.5 Å². The van der Waals surface area contributed by atoms with Crippen LogP contribution in [0.4, 0.5) is 0 Å². The van der Waals surface area contributed by atoms with Gasteiger partial charge in [-0.25, -0.2) is 9.79 Å². The lowest BCUT2D eigenvalue weighted by molar-refractivity contribution is -0.132. The van der Waals surface area contributed by atoms with Gasteiger partial charge in [0, 0.05) is 17.5 Å². The number of rotatable bonds is 5. The van der Waals surface area contributed by atoms with Gasteiger partial charge in [-0.2, -0.15) is 0 Å². The molecule has 0 saturated heterocycles. The van der Waals surface area contributed by atoms with Gasteiger partial charge in [0.1, 0.15) is 5.70 Å². The number of aliphatic carboxylic acids is 1. The third kappa shape index (κ3) is 4.35. The predicted octanol–water partition coefficient (Wildman–Crippen LogP) is 2.42. The van der Waals surface area contributed by atoms with E-state index < -0.39 is 5.97 Å². The maximum absolute atomic E-state index is 10.8. The lowest BCUT2D eigenvalue weighted by Crippen LogP contribution is -2.04. The normalized spacial score (nSPS) is 13.9. The fourth-order valence-electron chi connectivity index (χ4n) is 1.02. The average molecular weight is 208 g/mol. The van der Waals surface area contributed by atoms with Gasteiger partial charge >= 0.3 is 5.97 Å². The summed E-state index contributed by atoms with van der Waals surface area (Å²) in [5, 5.41) is 15.9. The molecular formula is C11H16N2O2. The van der Waals surface area contributed by atoms with Crippen LogP contribution in [0, 0.1) is 5.41 Å². The molecule has 0 aromatic carbocycles. The zero-order chi connectivity index (χ0) is 11.8. The van der Waals surface area contributed by atoms with Crippen LogP contribution in [-0.4, -0.2) is 23.0 Å². The van der Waals surface area contributed by atoms with Crippen LogP contribution in [-0.2, 0) is 4.79 Å². The third-order valence-electron chi connectivity index (χ3n) is 1.79. The molecule has 15 heavy (non-hydrogen) atoms. The Morgan fingerprint density at radius 3 is 2.47 bits per heavy atom. The summed E-state index contributed by atoms with van der Waals surface area (Å²) in [6, 6.07) is 0. The standard InChI is InChI=1S/C11H16N2O2/c1-4-6-10(11(14)15)13-8(3)9(5-2)7-12/h5-7,12H,4H2,1-3H3,(H,14,15)/b9-5-,10-6+,12-7?,13-8+. The fraction of sp³-hybridized carbons (Fsp3) is 0.364. The largest absolute Gasteiger partial charge is 0.477 e. The van der Waals surface area contributed by atoms with E-state index in [-0.39, 0.29) is 5.70 Å². The highest BCUT2D eigenvalue weighted by Gasteiger charge is 2.06. The van der Waals surface area contributed by atoms with Crippen LogP contribution in [0.2, 0.25) is 0 Å². The summed E-state index contributed by atoms with van der Waals surface area (Å²) in [5.41, 5.74) is 1.18. The van der Waals surface area contributed by atoms with Gasteiger partial charge in [0.15, 0.2) is 0 Å². The molecule has 4 heteroatoms. The summed E-state index contributed by atoms with van der Waals surface area (Å²) in [4.78, 5) is 14.7. The zero-order valence-corrected chi connectivity index (χ0v) is 9.24. The lowest BCUT2D eigenvalue weighted by Gasteiger charge is -2.00. The molecule has 0 spiro atoms. The Morgan fingerprint density at radius 2 is 2.13 bits per heavy atom. The minimum absolute atomic E-state index is 0.0243. The van der Waals surface area contributed by atoms with E-state index in [0.717, 1.165) is 6.21 Å². The molecule has 0 saturated carbocycles. The van der Waals surface area contributed by atoms with Crippen LogP contribution < -0.4 is 0 Å². The predicted molar refractivity (Wildman–Crippen MR) is 61.7 cm³/mol. The number of carbonyl (C=O) groups is 1. The first-order valence-corrected chi connectivity index (χ1v) is 4.72. The van der Waals surface area contributed by atoms with E-state index >= 15 is 0 Å². The van der Waals surface area contributed by atoms with Crippen LogP contribution in [0.25, 0.3) is 0 Å². The molecule has 0 aliphatic heterocycles. The minimum Gasteiger partial charge on any atom is -0.477 e. The zero-order valence-electron chi connectivity index (χ0n) is 9.24. The van der Waals surface area contributed by atoms with E-state index in [0.29, 0.717) is 17.7 Å². The van der Waals surface area contributed by atoms with Crippen LogP contribution >= 0.6 is 0 Å². The second kappa shape index (κ2) is 6.70. The highest BCUT2D eigenvalue weighted by atomic mass is 16.4. The maximum Gasteiger partial charge on any atom is 0.354 e. The molecule has 0 radical (unpaired) electrons. The lowest BCUT2D eigenvalue weighted by atomic mass is 10.2. The molecule has 0 unspecified atom stereocenters. The van der Waals surface area contributed by atoms with Gasteiger partial charge in [-0.1, -0.05) is 19.1 Å². The first kappa shape index (κ1) is 13.3. The number of nitrogens with one attached hydrogen (secondary N) is 1. The molecule has 0 rings (SSSR count). The Kier molecular flexibility index (Phi) is 5.94. The van der Waals surface area contributed by atoms with Gasteiger partial charge < -0.3 is 10.5 Å². The summed E-state index contributed by atoms with van der Waals surface area (Å²) in [6.07, 6.45) is 5.04. The van der Waals surface area contributed by atoms with E-state index in [9.17, 15) is 4.79 Å². The molecule has 0 aliphatic carbocycles. The highest BCUT2D eigenvalue weighted by Crippen LogP contribution is 2.04. The summed E-state index contributed by atoms with van der Waals surface area (Å²) in [6.45, 7) is 5.32. The van der Waals surface area contributed by atoms with Crippen molar-refractivity contribution in [1.29, 1.82) is 5.41 Å². The number of allylic oxidation sites excluding steroid dienone is 3. The number of carboxylic acid groups (broad SMARTS) is 1. The molecule has 82 valence electrons. The first-order chi connectivity index (χ1) is 7.06. The molecule has 0 amide bonds. The van der Waals surface area contributed by atoms with E-state index in [4.69, 9.17) is 10.5 Å². The SMILES string of the molecule is C\C=C(C=N)/C(C)=N/C(=C/CC)C(=O)O. The second-order valence-corrected chi connectivity index (χ2v) is 2.89. The molecule has 0 bridgehead atoms. The van der Waals surface area contributed by atoms with Crippen molar-refractivity contribution < 1.29 is 9.90 Å². The molecule has 0 aromatic rings. The summed E-state index contributed by atoms with van der Waals surface area (Å²) in [7, 11) is 0. The van der Waals surface area contributed by atoms with Crippen molar-refractivity contribution in [3.63, 3.8) is 0 Å². The highest BCUT2D eigenvalue weighted by molar-refractivity contribution is 6.15. The molecular weight excluding hydrogens is 192 g/mol. The molecule has 4 nitrogen and oxygen atoms in total. The molecule has 0 fully saturated rings. The van der Waals surface area contributed by atoms with Crippen LogP contribution in [0.15, 0.2) is 28.4 Å². The minimum atomic E-state index is -1.04. The van der Waals surface area contributed by atoms with Crippen molar-refractivity contribution >= 4 is 17.9 Å². The van der Waals surface area contributed by atoms with Gasteiger partial charge in [0.25, 0.3) is 0 Å². The van der Waals surface area contributed by atoms with Crippen molar-refractivity contribution in [3.8, 4) is 0 Å². The summed E-state index contributed by atoms with van der Waals surface area (Å²) < 4.78 is 0. The molecule has 2 N–H and O–H groups in total. The van der Waals surface area contributed by atoms with Crippen molar-refractivity contribution in [1.82, 2.24) is 0 Å². The smallest absolute Gasteiger partial charge is 0.354 e. The Hall–Kier alpha value is -1.71. The fourth-order valence-corrected chi connectivity index (χ4v) is 1.02. The van der Waals surface area contributed by atoms with E-state index in [1.54, 1.807) is 26.0 Å². The van der Waals surface area contributed by atoms with Gasteiger partial charge in [-0.15, -0.1) is 0 Å². The van der Waals surface area contributed by atoms with Crippen LogP contribution in [0.5, 0.6) is 0 Å². The molecule has 0 aliphatic rings. The van der Waals surface area contributed by atoms with Crippen molar-refractivity contribution in [3.05, 3.63) is 23.4 Å². The number of carboxylic acids is 1. The Balaban J connectivity index is 5.08. The number of aliphatic imine (C=N–C) groups is 1. The molecule has 0 aromatic heterocycles. The van der Waals surface area contributed by atoms with Crippen LogP contribution in [0.3, 0.4) is 0 Å². The quantitative estimate of drug-likeness (QED) is 0.538. The summed E-state index contributed by atoms with van der Waals surface area (Å²) in [5.74, 6) is -1.04. The van der Waals surface area contributed by atoms with Crippen LogP contribution in [0.1, 0.15) is 27.2 Å².